The number of pyridine rings is 1. The van der Waals surface area contributed by atoms with E-state index < -0.39 is 0 Å². The molecule has 21 heavy (non-hydrogen) atoms. The smallest absolute Gasteiger partial charge is 0.222 e. The second-order valence-electron chi connectivity index (χ2n) is 5.49. The van der Waals surface area contributed by atoms with Crippen LogP contribution in [0.5, 0.6) is 0 Å². The van der Waals surface area contributed by atoms with Crippen LogP contribution < -0.4 is 16.0 Å². The first-order chi connectivity index (χ1) is 10.1. The highest BCUT2D eigenvalue weighted by Crippen LogP contribution is 2.25. The minimum atomic E-state index is -0.214. The van der Waals surface area contributed by atoms with E-state index in [-0.39, 0.29) is 11.8 Å². The summed E-state index contributed by atoms with van der Waals surface area (Å²) in [5, 5.41) is 3.30. The third-order valence-electron chi connectivity index (χ3n) is 3.81. The monoisotopic (exact) mass is 292 g/mol. The van der Waals surface area contributed by atoms with Gasteiger partial charge in [0.15, 0.2) is 0 Å². The fourth-order valence-electron chi connectivity index (χ4n) is 2.65. The van der Waals surface area contributed by atoms with Crippen molar-refractivity contribution in [1.82, 2.24) is 10.3 Å². The van der Waals surface area contributed by atoms with Crippen LogP contribution in [0.15, 0.2) is 12.3 Å². The number of carbonyl (C=O) groups excluding carboxylic acids is 1. The maximum Gasteiger partial charge on any atom is 0.222 e. The number of nitrogens with zero attached hydrogens (tertiary/aromatic N) is 2. The van der Waals surface area contributed by atoms with Gasteiger partial charge in [0.25, 0.3) is 0 Å². The predicted molar refractivity (Wildman–Crippen MR) is 82.1 cm³/mol. The molecule has 1 aromatic heterocycles. The predicted octanol–water partition coefficient (Wildman–Crippen LogP) is 0.438. The molecule has 0 saturated carbocycles. The van der Waals surface area contributed by atoms with Gasteiger partial charge in [-0.25, -0.2) is 4.98 Å². The second kappa shape index (κ2) is 7.38. The number of aryl methyl sites for hydroxylation is 1. The first kappa shape index (κ1) is 15.7. The van der Waals surface area contributed by atoms with E-state index in [0.29, 0.717) is 13.2 Å². The average molecular weight is 292 g/mol. The summed E-state index contributed by atoms with van der Waals surface area (Å²) in [5.74, 6) is 0.690. The van der Waals surface area contributed by atoms with E-state index in [1.54, 1.807) is 7.11 Å². The zero-order chi connectivity index (χ0) is 15.2. The fourth-order valence-corrected chi connectivity index (χ4v) is 2.65. The van der Waals surface area contributed by atoms with Gasteiger partial charge < -0.3 is 20.7 Å². The number of amides is 1. The SMILES string of the molecule is COCCNCc1cnc(N2CCC(C(N)=O)C2)c(C)c1. The summed E-state index contributed by atoms with van der Waals surface area (Å²) >= 11 is 0. The lowest BCUT2D eigenvalue weighted by molar-refractivity contribution is -0.121. The Morgan fingerprint density at radius 1 is 1.62 bits per heavy atom. The third-order valence-corrected chi connectivity index (χ3v) is 3.81. The molecule has 1 aliphatic heterocycles. The van der Waals surface area contributed by atoms with Crippen molar-refractivity contribution in [2.24, 2.45) is 11.7 Å². The van der Waals surface area contributed by atoms with Crippen molar-refractivity contribution in [3.8, 4) is 0 Å². The highest BCUT2D eigenvalue weighted by atomic mass is 16.5. The van der Waals surface area contributed by atoms with Crippen LogP contribution in [-0.2, 0) is 16.1 Å². The van der Waals surface area contributed by atoms with Crippen LogP contribution in [0.1, 0.15) is 17.5 Å². The lowest BCUT2D eigenvalue weighted by Crippen LogP contribution is -2.28. The summed E-state index contributed by atoms with van der Waals surface area (Å²) < 4.78 is 5.00. The Morgan fingerprint density at radius 2 is 2.43 bits per heavy atom. The maximum atomic E-state index is 11.2. The topological polar surface area (TPSA) is 80.5 Å². The molecule has 0 aliphatic carbocycles. The summed E-state index contributed by atoms with van der Waals surface area (Å²) in [4.78, 5) is 17.9. The molecule has 1 aromatic rings. The number of aromatic nitrogens is 1. The van der Waals surface area contributed by atoms with E-state index >= 15 is 0 Å². The number of ether oxygens (including phenoxy) is 1. The van der Waals surface area contributed by atoms with Crippen molar-refractivity contribution in [3.63, 3.8) is 0 Å². The molecule has 1 saturated heterocycles. The van der Waals surface area contributed by atoms with Gasteiger partial charge in [-0.15, -0.1) is 0 Å². The Hall–Kier alpha value is -1.66. The highest BCUT2D eigenvalue weighted by Gasteiger charge is 2.28. The zero-order valence-corrected chi connectivity index (χ0v) is 12.8. The maximum absolute atomic E-state index is 11.2. The standard InChI is InChI=1S/C15H24N4O2/c1-11-7-12(8-17-4-6-21-2)9-18-15(11)19-5-3-13(10-19)14(16)20/h7,9,13,17H,3-6,8,10H2,1-2H3,(H2,16,20). The van der Waals surface area contributed by atoms with Crippen LogP contribution in [0.4, 0.5) is 5.82 Å². The van der Waals surface area contributed by atoms with Crippen molar-refractivity contribution >= 4 is 11.7 Å². The molecule has 2 rings (SSSR count). The van der Waals surface area contributed by atoms with E-state index in [1.807, 2.05) is 6.20 Å². The van der Waals surface area contributed by atoms with Gasteiger partial charge in [0.2, 0.25) is 5.91 Å². The molecule has 0 bridgehead atoms. The van der Waals surface area contributed by atoms with Gasteiger partial charge in [-0.05, 0) is 30.5 Å². The number of methoxy groups -OCH3 is 1. The van der Waals surface area contributed by atoms with Gasteiger partial charge in [-0.1, -0.05) is 0 Å². The first-order valence-electron chi connectivity index (χ1n) is 7.31. The number of nitrogens with one attached hydrogen (secondary N) is 1. The molecule has 1 aliphatic rings. The fraction of sp³-hybridized carbons (Fsp3) is 0.600. The second-order valence-corrected chi connectivity index (χ2v) is 5.49. The van der Waals surface area contributed by atoms with Crippen LogP contribution >= 0.6 is 0 Å². The number of hydrogen-bond donors (Lipinski definition) is 2. The van der Waals surface area contributed by atoms with E-state index in [0.717, 1.165) is 43.0 Å². The third kappa shape index (κ3) is 4.15. The minimum absolute atomic E-state index is 0.0541. The quantitative estimate of drug-likeness (QED) is 0.713. The van der Waals surface area contributed by atoms with E-state index in [1.165, 1.54) is 0 Å². The van der Waals surface area contributed by atoms with Crippen molar-refractivity contribution in [1.29, 1.82) is 0 Å². The summed E-state index contributed by atoms with van der Waals surface area (Å²) in [6, 6.07) is 2.14. The van der Waals surface area contributed by atoms with Gasteiger partial charge in [0.05, 0.1) is 12.5 Å². The molecule has 6 heteroatoms. The van der Waals surface area contributed by atoms with Crippen molar-refractivity contribution in [2.45, 2.75) is 19.9 Å². The highest BCUT2D eigenvalue weighted by molar-refractivity contribution is 5.78. The largest absolute Gasteiger partial charge is 0.383 e. The van der Waals surface area contributed by atoms with E-state index in [2.05, 4.69) is 28.2 Å². The van der Waals surface area contributed by atoms with Crippen LogP contribution in [0.25, 0.3) is 0 Å². The normalized spacial score (nSPS) is 18.2. The van der Waals surface area contributed by atoms with Crippen LogP contribution in [0.3, 0.4) is 0 Å². The van der Waals surface area contributed by atoms with E-state index in [9.17, 15) is 4.79 Å². The molecule has 3 N–H and O–H groups in total. The molecular weight excluding hydrogens is 268 g/mol. The van der Waals surface area contributed by atoms with Gasteiger partial charge in [0, 0.05) is 39.5 Å². The molecule has 0 radical (unpaired) electrons. The van der Waals surface area contributed by atoms with Gasteiger partial charge in [-0.2, -0.15) is 0 Å². The van der Waals surface area contributed by atoms with Crippen LogP contribution in [0, 0.1) is 12.8 Å². The summed E-state index contributed by atoms with van der Waals surface area (Å²) in [6.07, 6.45) is 2.70. The van der Waals surface area contributed by atoms with Crippen molar-refractivity contribution in [3.05, 3.63) is 23.4 Å². The Kier molecular flexibility index (Phi) is 5.52. The average Bonchev–Trinajstić information content (AvgIpc) is 2.93. The molecule has 1 fully saturated rings. The van der Waals surface area contributed by atoms with Crippen LogP contribution in [-0.4, -0.2) is 44.2 Å². The van der Waals surface area contributed by atoms with Crippen LogP contribution in [0.2, 0.25) is 0 Å². The first-order valence-corrected chi connectivity index (χ1v) is 7.31. The zero-order valence-electron chi connectivity index (χ0n) is 12.8. The lowest BCUT2D eigenvalue weighted by atomic mass is 10.1. The lowest BCUT2D eigenvalue weighted by Gasteiger charge is -2.19. The number of rotatable bonds is 7. The minimum Gasteiger partial charge on any atom is -0.383 e. The summed E-state index contributed by atoms with van der Waals surface area (Å²) in [6.45, 7) is 5.87. The Morgan fingerprint density at radius 3 is 3.05 bits per heavy atom. The van der Waals surface area contributed by atoms with Gasteiger partial charge >= 0.3 is 0 Å². The Balaban J connectivity index is 1.95. The molecule has 1 atom stereocenters. The Labute approximate surface area is 125 Å². The number of nitrogens with two attached hydrogens (primary N) is 1. The molecule has 6 nitrogen and oxygen atoms in total. The summed E-state index contributed by atoms with van der Waals surface area (Å²) in [7, 11) is 1.69. The van der Waals surface area contributed by atoms with Gasteiger partial charge in [0.1, 0.15) is 5.82 Å². The van der Waals surface area contributed by atoms with E-state index in [4.69, 9.17) is 10.5 Å². The molecule has 2 heterocycles. The summed E-state index contributed by atoms with van der Waals surface area (Å²) in [5.41, 5.74) is 7.66. The molecule has 0 aromatic carbocycles. The molecule has 1 amide bonds. The molecular formula is C15H24N4O2. The number of hydrogen-bond acceptors (Lipinski definition) is 5. The van der Waals surface area contributed by atoms with Crippen molar-refractivity contribution < 1.29 is 9.53 Å². The van der Waals surface area contributed by atoms with Crippen molar-refractivity contribution in [2.75, 3.05) is 38.3 Å². The molecule has 0 spiro atoms. The molecule has 116 valence electrons. The van der Waals surface area contributed by atoms with Gasteiger partial charge in [-0.3, -0.25) is 4.79 Å². The number of primary amides is 1. The molecule has 1 unspecified atom stereocenters. The number of carbonyl (C=O) groups is 1. The Bertz CT molecular complexity index is 493. The number of anilines is 1.